The second-order valence-electron chi connectivity index (χ2n) is 4.38. The molecule has 2 amide bonds. The van der Waals surface area contributed by atoms with Crippen molar-refractivity contribution in [2.75, 3.05) is 12.3 Å². The maximum absolute atomic E-state index is 11.8. The monoisotopic (exact) mass is 243 g/mol. The van der Waals surface area contributed by atoms with Gasteiger partial charge in [-0.2, -0.15) is 0 Å². The molecule has 0 aromatic rings. The van der Waals surface area contributed by atoms with E-state index in [1.165, 1.54) is 11.8 Å². The van der Waals surface area contributed by atoms with Crippen molar-refractivity contribution in [3.63, 3.8) is 0 Å². The van der Waals surface area contributed by atoms with E-state index >= 15 is 0 Å². The summed E-state index contributed by atoms with van der Waals surface area (Å²) >= 11 is 1.17. The molecule has 2 aliphatic rings. The van der Waals surface area contributed by atoms with Crippen LogP contribution in [0.3, 0.4) is 0 Å². The summed E-state index contributed by atoms with van der Waals surface area (Å²) in [6.45, 7) is 3.06. The predicted octanol–water partition coefficient (Wildman–Crippen LogP) is 0.0681. The van der Waals surface area contributed by atoms with Gasteiger partial charge in [-0.3, -0.25) is 9.59 Å². The summed E-state index contributed by atoms with van der Waals surface area (Å²) in [5.74, 6) is 0.503. The standard InChI is InChI=1S/C10H17N3O2S/c1-6-4-7(2-3-11-6)12-9(14)8-5-16-10(15)13-8/h6-8,11H,2-5H2,1H3,(H,12,14)(H,13,15). The van der Waals surface area contributed by atoms with Crippen LogP contribution in [-0.4, -0.2) is 41.6 Å². The average Bonchev–Trinajstić information content (AvgIpc) is 2.65. The first-order valence-corrected chi connectivity index (χ1v) is 6.61. The fourth-order valence-corrected chi connectivity index (χ4v) is 2.87. The Morgan fingerprint density at radius 2 is 2.38 bits per heavy atom. The molecule has 2 aliphatic heterocycles. The number of rotatable bonds is 2. The second kappa shape index (κ2) is 5.05. The summed E-state index contributed by atoms with van der Waals surface area (Å²) in [5.41, 5.74) is 0. The summed E-state index contributed by atoms with van der Waals surface area (Å²) in [5, 5.41) is 8.89. The molecule has 0 bridgehead atoms. The van der Waals surface area contributed by atoms with Crippen molar-refractivity contribution in [2.45, 2.75) is 37.9 Å². The molecule has 3 atom stereocenters. The lowest BCUT2D eigenvalue weighted by molar-refractivity contribution is -0.123. The van der Waals surface area contributed by atoms with Crippen molar-refractivity contribution >= 4 is 22.9 Å². The molecule has 90 valence electrons. The Balaban J connectivity index is 1.80. The van der Waals surface area contributed by atoms with Crippen LogP contribution >= 0.6 is 11.8 Å². The minimum atomic E-state index is -0.345. The molecule has 0 aliphatic carbocycles. The van der Waals surface area contributed by atoms with Crippen LogP contribution in [0.4, 0.5) is 4.79 Å². The number of nitrogens with one attached hydrogen (secondary N) is 3. The van der Waals surface area contributed by atoms with Crippen molar-refractivity contribution in [2.24, 2.45) is 0 Å². The van der Waals surface area contributed by atoms with Crippen LogP contribution in [0.1, 0.15) is 19.8 Å². The zero-order valence-electron chi connectivity index (χ0n) is 9.29. The van der Waals surface area contributed by atoms with Crippen molar-refractivity contribution in [3.8, 4) is 0 Å². The SMILES string of the molecule is CC1CC(NC(=O)C2CSC(=O)N2)CCN1. The minimum absolute atomic E-state index is 0.0440. The van der Waals surface area contributed by atoms with Crippen LogP contribution in [0.2, 0.25) is 0 Å². The van der Waals surface area contributed by atoms with E-state index in [2.05, 4.69) is 22.9 Å². The first kappa shape index (κ1) is 11.7. The van der Waals surface area contributed by atoms with Crippen LogP contribution < -0.4 is 16.0 Å². The Bertz CT molecular complexity index is 298. The first-order chi connectivity index (χ1) is 7.65. The highest BCUT2D eigenvalue weighted by Gasteiger charge is 2.30. The van der Waals surface area contributed by atoms with Gasteiger partial charge in [0.2, 0.25) is 5.91 Å². The molecule has 0 spiro atoms. The van der Waals surface area contributed by atoms with E-state index < -0.39 is 0 Å². The van der Waals surface area contributed by atoms with Crippen LogP contribution in [0.25, 0.3) is 0 Å². The van der Waals surface area contributed by atoms with Crippen molar-refractivity contribution in [1.29, 1.82) is 0 Å². The van der Waals surface area contributed by atoms with Gasteiger partial charge in [-0.05, 0) is 26.3 Å². The average molecular weight is 243 g/mol. The molecule has 6 heteroatoms. The molecule has 2 fully saturated rings. The molecule has 0 saturated carbocycles. The van der Waals surface area contributed by atoms with Gasteiger partial charge >= 0.3 is 0 Å². The number of carbonyl (C=O) groups excluding carboxylic acids is 2. The molecular formula is C10H17N3O2S. The van der Waals surface area contributed by atoms with Gasteiger partial charge < -0.3 is 16.0 Å². The highest BCUT2D eigenvalue weighted by Crippen LogP contribution is 2.14. The van der Waals surface area contributed by atoms with Crippen molar-refractivity contribution in [1.82, 2.24) is 16.0 Å². The summed E-state index contributed by atoms with van der Waals surface area (Å²) in [4.78, 5) is 22.8. The fraction of sp³-hybridized carbons (Fsp3) is 0.800. The van der Waals surface area contributed by atoms with Gasteiger partial charge in [-0.15, -0.1) is 0 Å². The van der Waals surface area contributed by atoms with Gasteiger partial charge in [0, 0.05) is 17.8 Å². The second-order valence-corrected chi connectivity index (χ2v) is 5.37. The van der Waals surface area contributed by atoms with Crippen molar-refractivity contribution < 1.29 is 9.59 Å². The normalized spacial score (nSPS) is 34.6. The molecule has 0 aromatic carbocycles. The lowest BCUT2D eigenvalue weighted by Gasteiger charge is -2.29. The Hall–Kier alpha value is -0.750. The summed E-state index contributed by atoms with van der Waals surface area (Å²) in [6, 6.07) is 0.348. The van der Waals surface area contributed by atoms with Gasteiger partial charge in [-0.1, -0.05) is 11.8 Å². The molecule has 0 radical (unpaired) electrons. The minimum Gasteiger partial charge on any atom is -0.351 e. The Morgan fingerprint density at radius 3 is 3.00 bits per heavy atom. The third kappa shape index (κ3) is 2.89. The highest BCUT2D eigenvalue weighted by molar-refractivity contribution is 8.14. The number of hydrogen-bond acceptors (Lipinski definition) is 4. The van der Waals surface area contributed by atoms with Gasteiger partial charge in [0.15, 0.2) is 0 Å². The lowest BCUT2D eigenvalue weighted by atomic mass is 10.0. The molecule has 5 nitrogen and oxygen atoms in total. The zero-order chi connectivity index (χ0) is 11.5. The Kier molecular flexibility index (Phi) is 3.70. The number of thioether (sulfide) groups is 1. The molecule has 16 heavy (non-hydrogen) atoms. The predicted molar refractivity (Wildman–Crippen MR) is 63.4 cm³/mol. The van der Waals surface area contributed by atoms with Crippen molar-refractivity contribution in [3.05, 3.63) is 0 Å². The van der Waals surface area contributed by atoms with Crippen LogP contribution in [-0.2, 0) is 4.79 Å². The number of amides is 2. The number of piperidine rings is 1. The fourth-order valence-electron chi connectivity index (χ4n) is 2.09. The molecule has 2 saturated heterocycles. The summed E-state index contributed by atoms with van der Waals surface area (Å²) in [6.07, 6.45) is 1.92. The molecule has 0 aromatic heterocycles. The largest absolute Gasteiger partial charge is 0.351 e. The van der Waals surface area contributed by atoms with Gasteiger partial charge in [0.1, 0.15) is 6.04 Å². The van der Waals surface area contributed by atoms with E-state index in [0.717, 1.165) is 19.4 Å². The van der Waals surface area contributed by atoms with Crippen LogP contribution in [0.15, 0.2) is 0 Å². The van der Waals surface area contributed by atoms with Crippen LogP contribution in [0.5, 0.6) is 0 Å². The van der Waals surface area contributed by atoms with E-state index in [1.54, 1.807) is 0 Å². The summed E-state index contributed by atoms with van der Waals surface area (Å²) < 4.78 is 0. The van der Waals surface area contributed by atoms with E-state index in [1.807, 2.05) is 0 Å². The first-order valence-electron chi connectivity index (χ1n) is 5.62. The highest BCUT2D eigenvalue weighted by atomic mass is 32.2. The summed E-state index contributed by atoms with van der Waals surface area (Å²) in [7, 11) is 0. The van der Waals surface area contributed by atoms with Gasteiger partial charge in [0.05, 0.1) is 0 Å². The Labute approximate surface area is 99.1 Å². The molecule has 2 rings (SSSR count). The zero-order valence-corrected chi connectivity index (χ0v) is 10.1. The van der Waals surface area contributed by atoms with Gasteiger partial charge in [0.25, 0.3) is 5.24 Å². The number of hydrogen-bond donors (Lipinski definition) is 3. The topological polar surface area (TPSA) is 70.2 Å². The quantitative estimate of drug-likeness (QED) is 0.642. The Morgan fingerprint density at radius 1 is 1.56 bits per heavy atom. The maximum atomic E-state index is 11.8. The maximum Gasteiger partial charge on any atom is 0.279 e. The smallest absolute Gasteiger partial charge is 0.279 e. The van der Waals surface area contributed by atoms with E-state index in [9.17, 15) is 9.59 Å². The van der Waals surface area contributed by atoms with E-state index in [4.69, 9.17) is 0 Å². The van der Waals surface area contributed by atoms with E-state index in [-0.39, 0.29) is 23.2 Å². The number of carbonyl (C=O) groups is 2. The lowest BCUT2D eigenvalue weighted by Crippen LogP contribution is -2.51. The molecule has 2 heterocycles. The third-order valence-electron chi connectivity index (χ3n) is 2.96. The van der Waals surface area contributed by atoms with Crippen LogP contribution in [0, 0.1) is 0 Å². The molecular weight excluding hydrogens is 226 g/mol. The van der Waals surface area contributed by atoms with Gasteiger partial charge in [-0.25, -0.2) is 0 Å². The third-order valence-corrected chi connectivity index (χ3v) is 3.84. The molecule has 3 unspecified atom stereocenters. The molecule has 3 N–H and O–H groups in total. The van der Waals surface area contributed by atoms with E-state index in [0.29, 0.717) is 11.8 Å².